The molecule has 0 aliphatic heterocycles. The highest BCUT2D eigenvalue weighted by molar-refractivity contribution is 5.76. The van der Waals surface area contributed by atoms with Crippen molar-refractivity contribution < 1.29 is 15.0 Å². The Labute approximate surface area is 202 Å². The second kappa shape index (κ2) is 8.10. The van der Waals surface area contributed by atoms with Gasteiger partial charge in [0.25, 0.3) is 0 Å². The SMILES string of the molecule is C=CC.CC1(C)C(O)CCC2(C)C1CCC1(C)C2CCC2C3CCCC3(C(=O)O)CC[C@]21C. The predicted molar refractivity (Wildman–Crippen MR) is 135 cm³/mol. The fourth-order valence-corrected chi connectivity index (χ4v) is 10.9. The Morgan fingerprint density at radius 2 is 1.48 bits per heavy atom. The van der Waals surface area contributed by atoms with Crippen molar-refractivity contribution >= 4 is 5.97 Å². The van der Waals surface area contributed by atoms with Crippen LogP contribution in [0.25, 0.3) is 0 Å². The maximum Gasteiger partial charge on any atom is 0.309 e. The number of rotatable bonds is 1. The molecule has 0 spiro atoms. The monoisotopic (exact) mass is 458 g/mol. The summed E-state index contributed by atoms with van der Waals surface area (Å²) in [5.41, 5.74) is 0.444. The fraction of sp³-hybridized carbons (Fsp3) is 0.900. The first-order valence-corrected chi connectivity index (χ1v) is 13.8. The molecular weight excluding hydrogens is 408 g/mol. The van der Waals surface area contributed by atoms with Gasteiger partial charge in [-0.15, -0.1) is 6.58 Å². The highest BCUT2D eigenvalue weighted by Crippen LogP contribution is 2.76. The summed E-state index contributed by atoms with van der Waals surface area (Å²) in [4.78, 5) is 12.4. The summed E-state index contributed by atoms with van der Waals surface area (Å²) in [6.07, 6.45) is 13.8. The van der Waals surface area contributed by atoms with Crippen molar-refractivity contribution in [2.45, 2.75) is 118 Å². The van der Waals surface area contributed by atoms with Crippen molar-refractivity contribution in [2.75, 3.05) is 0 Å². The minimum atomic E-state index is -0.502. The summed E-state index contributed by atoms with van der Waals surface area (Å²) in [5.74, 6) is 1.77. The van der Waals surface area contributed by atoms with Crippen molar-refractivity contribution in [3.8, 4) is 0 Å². The molecule has 8 unspecified atom stereocenters. The van der Waals surface area contributed by atoms with Crippen LogP contribution in [-0.2, 0) is 4.79 Å². The number of aliphatic hydroxyl groups excluding tert-OH is 1. The minimum Gasteiger partial charge on any atom is -0.481 e. The maximum absolute atomic E-state index is 12.4. The molecule has 2 N–H and O–H groups in total. The van der Waals surface area contributed by atoms with E-state index >= 15 is 0 Å². The molecule has 5 saturated carbocycles. The average molecular weight is 459 g/mol. The van der Waals surface area contributed by atoms with E-state index in [-0.39, 0.29) is 16.9 Å². The van der Waals surface area contributed by atoms with Crippen LogP contribution < -0.4 is 0 Å². The van der Waals surface area contributed by atoms with Crippen LogP contribution in [0.5, 0.6) is 0 Å². The predicted octanol–water partition coefficient (Wildman–Crippen LogP) is 7.48. The fourth-order valence-electron chi connectivity index (χ4n) is 10.9. The third-order valence-electron chi connectivity index (χ3n) is 12.8. The third-order valence-corrected chi connectivity index (χ3v) is 12.8. The van der Waals surface area contributed by atoms with E-state index in [1.165, 1.54) is 25.7 Å². The zero-order chi connectivity index (χ0) is 24.4. The first-order chi connectivity index (χ1) is 15.3. The van der Waals surface area contributed by atoms with E-state index in [9.17, 15) is 15.0 Å². The molecule has 3 nitrogen and oxygen atoms in total. The highest BCUT2D eigenvalue weighted by Gasteiger charge is 2.70. The van der Waals surface area contributed by atoms with Crippen LogP contribution in [0.2, 0.25) is 0 Å². The molecule has 0 amide bonds. The lowest BCUT2D eigenvalue weighted by atomic mass is 9.32. The molecule has 0 saturated heterocycles. The Morgan fingerprint density at radius 3 is 2.12 bits per heavy atom. The molecule has 0 heterocycles. The number of fused-ring (bicyclic) bond motifs is 7. The maximum atomic E-state index is 12.4. The van der Waals surface area contributed by atoms with E-state index in [0.717, 1.165) is 44.9 Å². The lowest BCUT2D eigenvalue weighted by molar-refractivity contribution is -0.246. The average Bonchev–Trinajstić information content (AvgIpc) is 3.18. The van der Waals surface area contributed by atoms with Crippen molar-refractivity contribution in [2.24, 2.45) is 50.7 Å². The van der Waals surface area contributed by atoms with Gasteiger partial charge in [0.05, 0.1) is 11.5 Å². The molecule has 0 bridgehead atoms. The van der Waals surface area contributed by atoms with Crippen molar-refractivity contribution in [1.29, 1.82) is 0 Å². The molecule has 33 heavy (non-hydrogen) atoms. The Hall–Kier alpha value is -0.830. The molecule has 5 fully saturated rings. The molecule has 5 aliphatic carbocycles. The number of carbonyl (C=O) groups is 1. The van der Waals surface area contributed by atoms with Crippen LogP contribution in [0.15, 0.2) is 12.7 Å². The summed E-state index contributed by atoms with van der Waals surface area (Å²) in [6.45, 7) is 17.6. The van der Waals surface area contributed by atoms with Crippen LogP contribution in [0.1, 0.15) is 112 Å². The number of aliphatic carboxylic acids is 1. The molecule has 0 aromatic rings. The molecule has 188 valence electrons. The zero-order valence-corrected chi connectivity index (χ0v) is 22.3. The van der Waals surface area contributed by atoms with Gasteiger partial charge in [-0.2, -0.15) is 0 Å². The number of carboxylic acid groups (broad SMARTS) is 1. The van der Waals surface area contributed by atoms with Crippen molar-refractivity contribution in [1.82, 2.24) is 0 Å². The quantitative estimate of drug-likeness (QED) is 0.400. The Bertz CT molecular complexity index is 787. The van der Waals surface area contributed by atoms with E-state index in [0.29, 0.717) is 34.5 Å². The largest absolute Gasteiger partial charge is 0.481 e. The number of hydrogen-bond donors (Lipinski definition) is 2. The molecular formula is C30H50O3. The number of aliphatic hydroxyl groups is 1. The van der Waals surface area contributed by atoms with Crippen molar-refractivity contribution in [3.63, 3.8) is 0 Å². The van der Waals surface area contributed by atoms with Crippen LogP contribution >= 0.6 is 0 Å². The second-order valence-electron chi connectivity index (χ2n) is 13.9. The number of carboxylic acids is 1. The summed E-state index contributed by atoms with van der Waals surface area (Å²) >= 11 is 0. The topological polar surface area (TPSA) is 57.5 Å². The number of allylic oxidation sites excluding steroid dienone is 1. The Kier molecular flexibility index (Phi) is 6.21. The smallest absolute Gasteiger partial charge is 0.309 e. The molecule has 3 heteroatoms. The zero-order valence-electron chi connectivity index (χ0n) is 22.3. The summed E-state index contributed by atoms with van der Waals surface area (Å²) in [5, 5.41) is 21.0. The van der Waals surface area contributed by atoms with Gasteiger partial charge in [0.15, 0.2) is 0 Å². The third kappa shape index (κ3) is 3.19. The van der Waals surface area contributed by atoms with Crippen molar-refractivity contribution in [3.05, 3.63) is 12.7 Å². The lowest BCUT2D eigenvalue weighted by Crippen LogP contribution is -2.66. The highest BCUT2D eigenvalue weighted by atomic mass is 16.4. The Morgan fingerprint density at radius 1 is 0.818 bits per heavy atom. The normalized spacial score (nSPS) is 52.2. The summed E-state index contributed by atoms with van der Waals surface area (Å²) in [6, 6.07) is 0. The van der Waals surface area contributed by atoms with Gasteiger partial charge in [0.2, 0.25) is 0 Å². The molecule has 5 rings (SSSR count). The molecule has 0 aromatic heterocycles. The van der Waals surface area contributed by atoms with E-state index in [1.54, 1.807) is 6.08 Å². The van der Waals surface area contributed by atoms with Gasteiger partial charge in [-0.3, -0.25) is 4.79 Å². The second-order valence-corrected chi connectivity index (χ2v) is 13.9. The van der Waals surface area contributed by atoms with Gasteiger partial charge in [-0.25, -0.2) is 0 Å². The molecule has 0 radical (unpaired) electrons. The standard InChI is InChI=1S/C27H44O3.C3H6/c1-23(2)19-10-14-26(5)20(24(19,3)13-11-21(23)28)9-8-17-18-7-6-12-27(18,22(29)30)16-15-25(17,26)4;1-3-2/h17-21,28H,6-16H2,1-5H3,(H,29,30);3H,1H2,2H3/t17?,18?,19?,20?,21?,24?,25-,26?,27?;/m1./s1. The van der Waals surface area contributed by atoms with Crippen LogP contribution in [0.3, 0.4) is 0 Å². The molecule has 9 atom stereocenters. The van der Waals surface area contributed by atoms with Gasteiger partial charge in [-0.1, -0.05) is 47.1 Å². The first kappa shape index (κ1) is 25.3. The molecule has 0 aromatic carbocycles. The number of hydrogen-bond acceptors (Lipinski definition) is 2. The Balaban J connectivity index is 0.000000821. The van der Waals surface area contributed by atoms with Gasteiger partial charge in [0.1, 0.15) is 0 Å². The van der Waals surface area contributed by atoms with E-state index in [1.807, 2.05) is 6.92 Å². The minimum absolute atomic E-state index is 0.00254. The van der Waals surface area contributed by atoms with Crippen LogP contribution in [0.4, 0.5) is 0 Å². The lowest BCUT2D eigenvalue weighted by Gasteiger charge is -2.72. The molecule has 5 aliphatic rings. The van der Waals surface area contributed by atoms with Gasteiger partial charge >= 0.3 is 5.97 Å². The van der Waals surface area contributed by atoms with Gasteiger partial charge in [0, 0.05) is 0 Å². The first-order valence-electron chi connectivity index (χ1n) is 13.8. The van der Waals surface area contributed by atoms with Gasteiger partial charge in [-0.05, 0) is 116 Å². The van der Waals surface area contributed by atoms with Crippen LogP contribution in [0, 0.1) is 50.7 Å². The van der Waals surface area contributed by atoms with E-state index < -0.39 is 11.4 Å². The summed E-state index contributed by atoms with van der Waals surface area (Å²) < 4.78 is 0. The van der Waals surface area contributed by atoms with E-state index in [4.69, 9.17) is 0 Å². The van der Waals surface area contributed by atoms with E-state index in [2.05, 4.69) is 41.2 Å². The summed E-state index contributed by atoms with van der Waals surface area (Å²) in [7, 11) is 0. The van der Waals surface area contributed by atoms with Crippen LogP contribution in [-0.4, -0.2) is 22.3 Å². The van der Waals surface area contributed by atoms with Gasteiger partial charge < -0.3 is 10.2 Å².